The number of amides is 1. The van der Waals surface area contributed by atoms with E-state index in [0.717, 1.165) is 45.0 Å². The number of primary amides is 1. The van der Waals surface area contributed by atoms with Gasteiger partial charge < -0.3 is 21.3 Å². The molecule has 0 saturated carbocycles. The van der Waals surface area contributed by atoms with E-state index in [-0.39, 0.29) is 35.8 Å². The van der Waals surface area contributed by atoms with E-state index in [1.165, 1.54) is 50.0 Å². The highest BCUT2D eigenvalue weighted by Gasteiger charge is 2.24. The van der Waals surface area contributed by atoms with E-state index in [2.05, 4.69) is 58.5 Å². The highest BCUT2D eigenvalue weighted by atomic mass is 127. The van der Waals surface area contributed by atoms with Gasteiger partial charge in [-0.3, -0.25) is 9.69 Å². The molecule has 0 aromatic heterocycles. The normalized spacial score (nSPS) is 20.8. The molecule has 1 amide bonds. The number of piperidine rings is 2. The van der Waals surface area contributed by atoms with Crippen molar-refractivity contribution < 1.29 is 4.79 Å². The van der Waals surface area contributed by atoms with Gasteiger partial charge in [-0.1, -0.05) is 31.2 Å². The Kier molecular flexibility index (Phi) is 12.5. The fourth-order valence-electron chi connectivity index (χ4n) is 4.82. The maximum atomic E-state index is 11.6. The summed E-state index contributed by atoms with van der Waals surface area (Å²) in [6.07, 6.45) is 5.51. The lowest BCUT2D eigenvalue weighted by Gasteiger charge is -2.32. The van der Waals surface area contributed by atoms with Gasteiger partial charge >= 0.3 is 0 Å². The number of aliphatic imine (C=N–C) groups is 1. The molecule has 0 radical (unpaired) electrons. The lowest BCUT2D eigenvalue weighted by molar-refractivity contribution is -0.123. The van der Waals surface area contributed by atoms with E-state index in [1.807, 2.05) is 0 Å². The van der Waals surface area contributed by atoms with Crippen molar-refractivity contribution in [1.82, 2.24) is 20.4 Å². The van der Waals surface area contributed by atoms with Crippen molar-refractivity contribution in [1.29, 1.82) is 0 Å². The van der Waals surface area contributed by atoms with Crippen LogP contribution in [0.15, 0.2) is 29.3 Å². The third kappa shape index (κ3) is 9.41. The fourth-order valence-corrected chi connectivity index (χ4v) is 4.82. The van der Waals surface area contributed by atoms with Gasteiger partial charge in [0, 0.05) is 38.8 Å². The van der Waals surface area contributed by atoms with Crippen LogP contribution in [-0.4, -0.2) is 67.0 Å². The molecule has 1 aromatic carbocycles. The molecule has 0 spiro atoms. The average Bonchev–Trinajstić information content (AvgIpc) is 2.79. The zero-order chi connectivity index (χ0) is 22.8. The quantitative estimate of drug-likeness (QED) is 0.242. The summed E-state index contributed by atoms with van der Waals surface area (Å²) < 4.78 is 0. The fraction of sp³-hybridized carbons (Fsp3) is 0.680. The number of nitrogens with two attached hydrogens (primary N) is 1. The number of nitrogens with zero attached hydrogens (tertiary/aromatic N) is 3. The van der Waals surface area contributed by atoms with Crippen molar-refractivity contribution in [2.24, 2.45) is 16.6 Å². The summed E-state index contributed by atoms with van der Waals surface area (Å²) in [6, 6.07) is 9.14. The Bertz CT molecular complexity index is 750. The second-order valence-corrected chi connectivity index (χ2v) is 9.25. The number of nitrogens with one attached hydrogen (secondary N) is 2. The number of carbonyl (C=O) groups excluding carboxylic acids is 1. The molecule has 7 nitrogen and oxygen atoms in total. The molecule has 0 aliphatic carbocycles. The molecule has 8 heteroatoms. The monoisotopic (exact) mass is 570 g/mol. The number of rotatable bonds is 9. The van der Waals surface area contributed by atoms with Gasteiger partial charge in [-0.15, -0.1) is 24.0 Å². The molecular weight excluding hydrogens is 527 g/mol. The van der Waals surface area contributed by atoms with Crippen LogP contribution in [0.3, 0.4) is 0 Å². The zero-order valence-corrected chi connectivity index (χ0v) is 22.7. The van der Waals surface area contributed by atoms with Gasteiger partial charge in [0.1, 0.15) is 0 Å². The number of halogens is 1. The predicted octanol–water partition coefficient (Wildman–Crippen LogP) is 2.93. The van der Waals surface area contributed by atoms with Crippen LogP contribution < -0.4 is 16.4 Å². The summed E-state index contributed by atoms with van der Waals surface area (Å²) >= 11 is 0. The highest BCUT2D eigenvalue weighted by Crippen LogP contribution is 2.19. The first-order valence-electron chi connectivity index (χ1n) is 12.4. The second kappa shape index (κ2) is 14.8. The molecule has 33 heavy (non-hydrogen) atoms. The van der Waals surface area contributed by atoms with Gasteiger partial charge in [-0.25, -0.2) is 4.99 Å². The SMILES string of the molecule is CCCN1CCC(NC(=NCc2cccc(CN3CCCC(C(N)=O)C3)c2)NCC)CC1.I. The van der Waals surface area contributed by atoms with Crippen LogP contribution in [0, 0.1) is 5.92 Å². The molecule has 1 unspecified atom stereocenters. The summed E-state index contributed by atoms with van der Waals surface area (Å²) in [6.45, 7) is 12.1. The molecule has 2 fully saturated rings. The van der Waals surface area contributed by atoms with E-state index >= 15 is 0 Å². The Hall–Kier alpha value is -1.39. The van der Waals surface area contributed by atoms with Crippen LogP contribution in [0.1, 0.15) is 57.1 Å². The first-order chi connectivity index (χ1) is 15.6. The van der Waals surface area contributed by atoms with Gasteiger partial charge in [-0.05, 0) is 63.2 Å². The molecule has 2 heterocycles. The predicted molar refractivity (Wildman–Crippen MR) is 147 cm³/mol. The summed E-state index contributed by atoms with van der Waals surface area (Å²) in [4.78, 5) is 21.3. The van der Waals surface area contributed by atoms with Gasteiger partial charge in [0.25, 0.3) is 0 Å². The molecular formula is C25H43IN6O. The van der Waals surface area contributed by atoms with Crippen molar-refractivity contribution >= 4 is 35.8 Å². The summed E-state index contributed by atoms with van der Waals surface area (Å²) in [7, 11) is 0. The van der Waals surface area contributed by atoms with Crippen LogP contribution in [0.25, 0.3) is 0 Å². The van der Waals surface area contributed by atoms with Crippen molar-refractivity contribution in [3.05, 3.63) is 35.4 Å². The van der Waals surface area contributed by atoms with Crippen LogP contribution >= 0.6 is 24.0 Å². The first-order valence-corrected chi connectivity index (χ1v) is 12.4. The lowest BCUT2D eigenvalue weighted by atomic mass is 9.97. The van der Waals surface area contributed by atoms with Crippen molar-refractivity contribution in [2.75, 3.05) is 39.3 Å². The zero-order valence-electron chi connectivity index (χ0n) is 20.4. The smallest absolute Gasteiger partial charge is 0.221 e. The first kappa shape index (κ1) is 27.9. The minimum Gasteiger partial charge on any atom is -0.369 e. The summed E-state index contributed by atoms with van der Waals surface area (Å²) in [5.41, 5.74) is 8.01. The molecule has 186 valence electrons. The largest absolute Gasteiger partial charge is 0.369 e. The van der Waals surface area contributed by atoms with E-state index in [0.29, 0.717) is 12.6 Å². The van der Waals surface area contributed by atoms with E-state index in [1.54, 1.807) is 0 Å². The molecule has 1 aromatic rings. The number of likely N-dealkylation sites (tertiary alicyclic amines) is 2. The van der Waals surface area contributed by atoms with E-state index < -0.39 is 0 Å². The number of carbonyl (C=O) groups is 1. The number of hydrogen-bond donors (Lipinski definition) is 3. The topological polar surface area (TPSA) is 86.0 Å². The number of guanidine groups is 1. The molecule has 2 saturated heterocycles. The van der Waals surface area contributed by atoms with E-state index in [9.17, 15) is 4.79 Å². The lowest BCUT2D eigenvalue weighted by Crippen LogP contribution is -2.48. The van der Waals surface area contributed by atoms with Gasteiger partial charge in [0.2, 0.25) is 5.91 Å². The standard InChI is InChI=1S/C25H42N6O.HI/c1-3-12-30-14-10-23(11-15-30)29-25(27-4-2)28-17-20-7-5-8-21(16-20)18-31-13-6-9-22(19-31)24(26)32;/h5,7-8,16,22-23H,3-4,6,9-15,17-19H2,1-2H3,(H2,26,32)(H2,27,28,29);1H. The van der Waals surface area contributed by atoms with Gasteiger partial charge in [0.15, 0.2) is 5.96 Å². The van der Waals surface area contributed by atoms with Crippen LogP contribution in [0.5, 0.6) is 0 Å². The Morgan fingerprint density at radius 3 is 2.58 bits per heavy atom. The number of hydrogen-bond acceptors (Lipinski definition) is 4. The Morgan fingerprint density at radius 2 is 1.88 bits per heavy atom. The van der Waals surface area contributed by atoms with Crippen LogP contribution in [-0.2, 0) is 17.9 Å². The van der Waals surface area contributed by atoms with Gasteiger partial charge in [0.05, 0.1) is 12.5 Å². The Morgan fingerprint density at radius 1 is 1.12 bits per heavy atom. The van der Waals surface area contributed by atoms with Crippen LogP contribution in [0.2, 0.25) is 0 Å². The maximum Gasteiger partial charge on any atom is 0.221 e. The Labute approximate surface area is 217 Å². The summed E-state index contributed by atoms with van der Waals surface area (Å²) in [5.74, 6) is 0.726. The van der Waals surface area contributed by atoms with E-state index in [4.69, 9.17) is 10.7 Å². The number of benzene rings is 1. The third-order valence-electron chi connectivity index (χ3n) is 6.54. The minimum absolute atomic E-state index is 0. The van der Waals surface area contributed by atoms with Crippen molar-refractivity contribution in [3.63, 3.8) is 0 Å². The molecule has 3 rings (SSSR count). The van der Waals surface area contributed by atoms with Crippen molar-refractivity contribution in [3.8, 4) is 0 Å². The summed E-state index contributed by atoms with van der Waals surface area (Å²) in [5, 5.41) is 7.05. The van der Waals surface area contributed by atoms with Gasteiger partial charge in [-0.2, -0.15) is 0 Å². The second-order valence-electron chi connectivity index (χ2n) is 9.25. The van der Waals surface area contributed by atoms with Crippen molar-refractivity contribution in [2.45, 2.75) is 65.1 Å². The molecule has 0 bridgehead atoms. The highest BCUT2D eigenvalue weighted by molar-refractivity contribution is 14.0. The minimum atomic E-state index is -0.169. The average molecular weight is 571 g/mol. The molecule has 2 aliphatic rings. The third-order valence-corrected chi connectivity index (χ3v) is 6.54. The molecule has 4 N–H and O–H groups in total. The molecule has 2 aliphatic heterocycles. The van der Waals surface area contributed by atoms with Crippen LogP contribution in [0.4, 0.5) is 0 Å². The molecule has 1 atom stereocenters. The Balaban J connectivity index is 0.00000385. The maximum absolute atomic E-state index is 11.6.